The van der Waals surface area contributed by atoms with E-state index in [2.05, 4.69) is 27.1 Å². The SMILES string of the molecule is Cc1nc(C)nc(-c2ccc3oc4ccccc4c3c2)n1. The van der Waals surface area contributed by atoms with Crippen LogP contribution in [0.4, 0.5) is 0 Å². The summed E-state index contributed by atoms with van der Waals surface area (Å²) < 4.78 is 5.84. The summed E-state index contributed by atoms with van der Waals surface area (Å²) in [6, 6.07) is 14.1. The van der Waals surface area contributed by atoms with E-state index in [1.165, 1.54) is 0 Å². The molecule has 0 aliphatic carbocycles. The molecule has 4 nitrogen and oxygen atoms in total. The number of aromatic nitrogens is 3. The number of benzene rings is 2. The Kier molecular flexibility index (Phi) is 2.51. The minimum Gasteiger partial charge on any atom is -0.456 e. The molecule has 0 spiro atoms. The van der Waals surface area contributed by atoms with E-state index in [9.17, 15) is 0 Å². The number of fused-ring (bicyclic) bond motifs is 3. The van der Waals surface area contributed by atoms with E-state index in [1.54, 1.807) is 0 Å². The van der Waals surface area contributed by atoms with Crippen molar-refractivity contribution in [3.8, 4) is 11.4 Å². The molecule has 4 rings (SSSR count). The number of furan rings is 1. The van der Waals surface area contributed by atoms with Crippen LogP contribution in [0.3, 0.4) is 0 Å². The normalized spacial score (nSPS) is 11.3. The number of para-hydroxylation sites is 1. The number of rotatable bonds is 1. The van der Waals surface area contributed by atoms with Crippen LogP contribution in [0.25, 0.3) is 33.3 Å². The number of aryl methyl sites for hydroxylation is 2. The molecule has 0 amide bonds. The van der Waals surface area contributed by atoms with Crippen molar-refractivity contribution in [1.82, 2.24) is 15.0 Å². The Labute approximate surface area is 121 Å². The van der Waals surface area contributed by atoms with Gasteiger partial charge in [0.25, 0.3) is 0 Å². The standard InChI is InChI=1S/C17H13N3O/c1-10-18-11(2)20-17(19-10)12-7-8-16-14(9-12)13-5-3-4-6-15(13)21-16/h3-9H,1-2H3. The van der Waals surface area contributed by atoms with Crippen LogP contribution < -0.4 is 0 Å². The molecule has 2 aromatic heterocycles. The van der Waals surface area contributed by atoms with Gasteiger partial charge in [-0.15, -0.1) is 0 Å². The Hall–Kier alpha value is -2.75. The van der Waals surface area contributed by atoms with Gasteiger partial charge in [-0.1, -0.05) is 18.2 Å². The Morgan fingerprint density at radius 1 is 0.762 bits per heavy atom. The summed E-state index contributed by atoms with van der Waals surface area (Å²) in [6.45, 7) is 3.76. The fourth-order valence-corrected chi connectivity index (χ4v) is 2.61. The van der Waals surface area contributed by atoms with Crippen molar-refractivity contribution in [2.45, 2.75) is 13.8 Å². The maximum atomic E-state index is 5.84. The molecule has 0 saturated carbocycles. The zero-order chi connectivity index (χ0) is 14.4. The third-order valence-electron chi connectivity index (χ3n) is 3.49. The average Bonchev–Trinajstić information content (AvgIpc) is 2.84. The number of nitrogens with zero attached hydrogens (tertiary/aromatic N) is 3. The van der Waals surface area contributed by atoms with Crippen molar-refractivity contribution >= 4 is 21.9 Å². The molecule has 0 N–H and O–H groups in total. The molecule has 0 saturated heterocycles. The fourth-order valence-electron chi connectivity index (χ4n) is 2.61. The lowest BCUT2D eigenvalue weighted by atomic mass is 10.1. The predicted molar refractivity (Wildman–Crippen MR) is 82.0 cm³/mol. The van der Waals surface area contributed by atoms with E-state index < -0.39 is 0 Å². The second-order valence-electron chi connectivity index (χ2n) is 5.06. The van der Waals surface area contributed by atoms with Gasteiger partial charge in [-0.25, -0.2) is 15.0 Å². The summed E-state index contributed by atoms with van der Waals surface area (Å²) in [6.07, 6.45) is 0. The fraction of sp³-hybridized carbons (Fsp3) is 0.118. The van der Waals surface area contributed by atoms with Crippen LogP contribution in [-0.4, -0.2) is 15.0 Å². The van der Waals surface area contributed by atoms with E-state index in [0.717, 1.165) is 39.2 Å². The van der Waals surface area contributed by atoms with E-state index in [-0.39, 0.29) is 0 Å². The summed E-state index contributed by atoms with van der Waals surface area (Å²) in [7, 11) is 0. The molecule has 4 heteroatoms. The van der Waals surface area contributed by atoms with Crippen LogP contribution in [0.2, 0.25) is 0 Å². The van der Waals surface area contributed by atoms with Gasteiger partial charge in [0.1, 0.15) is 22.8 Å². The lowest BCUT2D eigenvalue weighted by molar-refractivity contribution is 0.669. The van der Waals surface area contributed by atoms with Crippen LogP contribution in [0.1, 0.15) is 11.6 Å². The third kappa shape index (κ3) is 1.96. The van der Waals surface area contributed by atoms with Gasteiger partial charge in [-0.2, -0.15) is 0 Å². The van der Waals surface area contributed by atoms with Gasteiger partial charge >= 0.3 is 0 Å². The van der Waals surface area contributed by atoms with Crippen molar-refractivity contribution in [2.24, 2.45) is 0 Å². The zero-order valence-electron chi connectivity index (χ0n) is 11.8. The Balaban J connectivity index is 1.99. The second-order valence-corrected chi connectivity index (χ2v) is 5.06. The van der Waals surface area contributed by atoms with Gasteiger partial charge in [0.05, 0.1) is 0 Å². The average molecular weight is 275 g/mol. The monoisotopic (exact) mass is 275 g/mol. The molecule has 0 atom stereocenters. The maximum Gasteiger partial charge on any atom is 0.163 e. The summed E-state index contributed by atoms with van der Waals surface area (Å²) in [5, 5.41) is 2.19. The van der Waals surface area contributed by atoms with Crippen molar-refractivity contribution in [2.75, 3.05) is 0 Å². The van der Waals surface area contributed by atoms with Gasteiger partial charge in [-0.05, 0) is 38.1 Å². The molecule has 102 valence electrons. The van der Waals surface area contributed by atoms with E-state index in [4.69, 9.17) is 4.42 Å². The van der Waals surface area contributed by atoms with Crippen LogP contribution >= 0.6 is 0 Å². The summed E-state index contributed by atoms with van der Waals surface area (Å²) in [5.41, 5.74) is 2.75. The molecular weight excluding hydrogens is 262 g/mol. The topological polar surface area (TPSA) is 51.8 Å². The highest BCUT2D eigenvalue weighted by Gasteiger charge is 2.10. The molecule has 2 heterocycles. The van der Waals surface area contributed by atoms with E-state index in [1.807, 2.05) is 44.2 Å². The van der Waals surface area contributed by atoms with Gasteiger partial charge in [0.2, 0.25) is 0 Å². The predicted octanol–water partition coefficient (Wildman–Crippen LogP) is 4.05. The molecule has 0 radical (unpaired) electrons. The first-order valence-electron chi connectivity index (χ1n) is 6.82. The maximum absolute atomic E-state index is 5.84. The highest BCUT2D eigenvalue weighted by atomic mass is 16.3. The van der Waals surface area contributed by atoms with Gasteiger partial charge in [-0.3, -0.25) is 0 Å². The smallest absolute Gasteiger partial charge is 0.163 e. The molecule has 4 aromatic rings. The Bertz CT molecular complexity index is 952. The molecule has 0 fully saturated rings. The molecule has 0 unspecified atom stereocenters. The Morgan fingerprint density at radius 3 is 2.29 bits per heavy atom. The molecule has 0 aliphatic heterocycles. The number of hydrogen-bond donors (Lipinski definition) is 0. The van der Waals surface area contributed by atoms with Crippen molar-refractivity contribution in [3.63, 3.8) is 0 Å². The van der Waals surface area contributed by atoms with Crippen LogP contribution in [0.5, 0.6) is 0 Å². The molecule has 2 aromatic carbocycles. The quantitative estimate of drug-likeness (QED) is 0.525. The first-order chi connectivity index (χ1) is 10.2. The van der Waals surface area contributed by atoms with E-state index in [0.29, 0.717) is 5.82 Å². The van der Waals surface area contributed by atoms with Gasteiger partial charge < -0.3 is 4.42 Å². The summed E-state index contributed by atoms with van der Waals surface area (Å²) >= 11 is 0. The van der Waals surface area contributed by atoms with Crippen molar-refractivity contribution in [3.05, 3.63) is 54.1 Å². The Morgan fingerprint density at radius 2 is 1.48 bits per heavy atom. The lowest BCUT2D eigenvalue weighted by Crippen LogP contribution is -1.98. The van der Waals surface area contributed by atoms with Gasteiger partial charge in [0.15, 0.2) is 5.82 Å². The van der Waals surface area contributed by atoms with Crippen molar-refractivity contribution < 1.29 is 4.42 Å². The molecule has 21 heavy (non-hydrogen) atoms. The van der Waals surface area contributed by atoms with Crippen LogP contribution in [0, 0.1) is 13.8 Å². The van der Waals surface area contributed by atoms with Crippen LogP contribution in [0.15, 0.2) is 46.9 Å². The van der Waals surface area contributed by atoms with E-state index >= 15 is 0 Å². The first-order valence-corrected chi connectivity index (χ1v) is 6.82. The zero-order valence-corrected chi connectivity index (χ0v) is 11.8. The highest BCUT2D eigenvalue weighted by molar-refractivity contribution is 6.06. The second kappa shape index (κ2) is 4.38. The van der Waals surface area contributed by atoms with Crippen LogP contribution in [-0.2, 0) is 0 Å². The van der Waals surface area contributed by atoms with Crippen molar-refractivity contribution in [1.29, 1.82) is 0 Å². The number of hydrogen-bond acceptors (Lipinski definition) is 4. The summed E-state index contributed by atoms with van der Waals surface area (Å²) in [4.78, 5) is 13.1. The molecule has 0 bridgehead atoms. The molecular formula is C17H13N3O. The largest absolute Gasteiger partial charge is 0.456 e. The lowest BCUT2D eigenvalue weighted by Gasteiger charge is -2.02. The molecule has 0 aliphatic rings. The minimum absolute atomic E-state index is 0.701. The first kappa shape index (κ1) is 12.0. The summed E-state index contributed by atoms with van der Waals surface area (Å²) in [5.74, 6) is 2.16. The van der Waals surface area contributed by atoms with Gasteiger partial charge in [0, 0.05) is 16.3 Å². The third-order valence-corrected chi connectivity index (χ3v) is 3.49. The minimum atomic E-state index is 0.701. The highest BCUT2D eigenvalue weighted by Crippen LogP contribution is 2.31.